The summed E-state index contributed by atoms with van der Waals surface area (Å²) in [5.74, 6) is -0.242. The van der Waals surface area contributed by atoms with Gasteiger partial charge in [-0.3, -0.25) is 9.48 Å². The predicted molar refractivity (Wildman–Crippen MR) is 102 cm³/mol. The number of nitrogens with zero attached hydrogens (tertiary/aromatic N) is 3. The van der Waals surface area contributed by atoms with Crippen LogP contribution in [0, 0.1) is 20.8 Å². The van der Waals surface area contributed by atoms with Crippen molar-refractivity contribution in [3.05, 3.63) is 40.7 Å². The Bertz CT molecular complexity index is 930. The number of hydrogen-bond acceptors (Lipinski definition) is 4. The molecule has 0 aliphatic heterocycles. The highest BCUT2D eigenvalue weighted by atomic mass is 32.2. The first kappa shape index (κ1) is 20.1. The lowest BCUT2D eigenvalue weighted by Crippen LogP contribution is -2.24. The maximum absolute atomic E-state index is 12.5. The Morgan fingerprint density at radius 2 is 1.88 bits per heavy atom. The summed E-state index contributed by atoms with van der Waals surface area (Å²) in [6, 6.07) is 5.89. The van der Waals surface area contributed by atoms with Gasteiger partial charge in [0.15, 0.2) is 0 Å². The van der Waals surface area contributed by atoms with E-state index in [-0.39, 0.29) is 17.3 Å². The number of rotatable bonds is 6. The number of aromatic nitrogens is 2. The molecule has 1 amide bonds. The van der Waals surface area contributed by atoms with Crippen LogP contribution >= 0.6 is 0 Å². The van der Waals surface area contributed by atoms with Crippen LogP contribution in [-0.2, 0) is 27.8 Å². The van der Waals surface area contributed by atoms with Crippen LogP contribution in [0.3, 0.4) is 0 Å². The molecule has 26 heavy (non-hydrogen) atoms. The van der Waals surface area contributed by atoms with Crippen molar-refractivity contribution in [2.45, 2.75) is 45.6 Å². The van der Waals surface area contributed by atoms with Crippen LogP contribution < -0.4 is 5.32 Å². The summed E-state index contributed by atoms with van der Waals surface area (Å²) >= 11 is 0. The quantitative estimate of drug-likeness (QED) is 0.836. The Balaban J connectivity index is 2.29. The molecule has 0 bridgehead atoms. The minimum atomic E-state index is -3.61. The lowest BCUT2D eigenvalue weighted by atomic mass is 10.1. The fourth-order valence-corrected chi connectivity index (χ4v) is 4.17. The molecule has 2 rings (SSSR count). The van der Waals surface area contributed by atoms with Gasteiger partial charge < -0.3 is 5.32 Å². The van der Waals surface area contributed by atoms with E-state index in [0.717, 1.165) is 27.5 Å². The van der Waals surface area contributed by atoms with E-state index in [9.17, 15) is 13.2 Å². The molecule has 0 spiro atoms. The Kier molecular flexibility index (Phi) is 5.87. The van der Waals surface area contributed by atoms with Gasteiger partial charge in [-0.05, 0) is 38.3 Å². The Labute approximate surface area is 155 Å². The maximum Gasteiger partial charge on any atom is 0.246 e. The zero-order chi connectivity index (χ0) is 19.6. The first-order chi connectivity index (χ1) is 12.1. The lowest BCUT2D eigenvalue weighted by molar-refractivity contribution is -0.117. The second kappa shape index (κ2) is 7.59. The molecule has 1 aromatic carbocycles. The molecule has 0 saturated carbocycles. The van der Waals surface area contributed by atoms with E-state index < -0.39 is 10.0 Å². The van der Waals surface area contributed by atoms with Crippen molar-refractivity contribution in [1.29, 1.82) is 0 Å². The molecule has 7 nitrogen and oxygen atoms in total. The maximum atomic E-state index is 12.5. The Morgan fingerprint density at radius 1 is 1.23 bits per heavy atom. The molecule has 1 N–H and O–H groups in total. The van der Waals surface area contributed by atoms with Crippen LogP contribution in [0.4, 0.5) is 5.69 Å². The van der Waals surface area contributed by atoms with Gasteiger partial charge in [0.2, 0.25) is 15.9 Å². The second-order valence-corrected chi connectivity index (χ2v) is 8.54. The molecule has 0 radical (unpaired) electrons. The third-order valence-corrected chi connectivity index (χ3v) is 6.42. The second-order valence-electron chi connectivity index (χ2n) is 6.46. The van der Waals surface area contributed by atoms with E-state index in [0.29, 0.717) is 11.4 Å². The minimum absolute atomic E-state index is 0.0485. The molecule has 0 aliphatic carbocycles. The van der Waals surface area contributed by atoms with Crippen LogP contribution in [0.5, 0.6) is 0 Å². The van der Waals surface area contributed by atoms with E-state index in [1.165, 1.54) is 18.8 Å². The van der Waals surface area contributed by atoms with Crippen molar-refractivity contribution in [3.8, 4) is 0 Å². The smallest absolute Gasteiger partial charge is 0.246 e. The summed E-state index contributed by atoms with van der Waals surface area (Å²) in [4.78, 5) is 12.7. The zero-order valence-corrected chi connectivity index (χ0v) is 16.9. The highest BCUT2D eigenvalue weighted by Gasteiger charge is 2.27. The zero-order valence-electron chi connectivity index (χ0n) is 16.1. The summed E-state index contributed by atoms with van der Waals surface area (Å²) in [6.45, 7) is 7.22. The van der Waals surface area contributed by atoms with Crippen LogP contribution in [-0.4, -0.2) is 42.5 Å². The topological polar surface area (TPSA) is 84.3 Å². The number of carbonyl (C=O) groups is 1. The number of amides is 1. The van der Waals surface area contributed by atoms with E-state index >= 15 is 0 Å². The fourth-order valence-electron chi connectivity index (χ4n) is 2.91. The Hall–Kier alpha value is -2.19. The summed E-state index contributed by atoms with van der Waals surface area (Å²) in [6.07, 6.45) is 0.808. The van der Waals surface area contributed by atoms with Crippen LogP contribution in [0.2, 0.25) is 0 Å². The van der Waals surface area contributed by atoms with Gasteiger partial charge in [0.05, 0.1) is 11.4 Å². The average Bonchev–Trinajstić information content (AvgIpc) is 2.83. The molecular formula is C18H26N4O3S. The molecule has 0 saturated heterocycles. The predicted octanol–water partition coefficient (Wildman–Crippen LogP) is 2.26. The molecule has 0 aliphatic rings. The SMILES string of the molecule is CCc1cccc(C)c1NC(=O)Cn1nc(C)c(S(=O)(=O)N(C)C)c1C. The molecule has 0 unspecified atom stereocenters. The van der Waals surface area contributed by atoms with Gasteiger partial charge in [0, 0.05) is 19.8 Å². The van der Waals surface area contributed by atoms with Gasteiger partial charge >= 0.3 is 0 Å². The van der Waals surface area contributed by atoms with E-state index in [4.69, 9.17) is 0 Å². The molecule has 0 atom stereocenters. The molecular weight excluding hydrogens is 352 g/mol. The highest BCUT2D eigenvalue weighted by molar-refractivity contribution is 7.89. The normalized spacial score (nSPS) is 11.8. The van der Waals surface area contributed by atoms with Crippen molar-refractivity contribution in [1.82, 2.24) is 14.1 Å². The summed E-state index contributed by atoms with van der Waals surface area (Å²) in [5, 5.41) is 7.19. The van der Waals surface area contributed by atoms with Crippen molar-refractivity contribution in [2.75, 3.05) is 19.4 Å². The monoisotopic (exact) mass is 378 g/mol. The van der Waals surface area contributed by atoms with Gasteiger partial charge in [-0.2, -0.15) is 5.10 Å². The van der Waals surface area contributed by atoms with Crippen LogP contribution in [0.1, 0.15) is 29.4 Å². The van der Waals surface area contributed by atoms with Crippen molar-refractivity contribution >= 4 is 21.6 Å². The number of sulfonamides is 1. The van der Waals surface area contributed by atoms with Crippen LogP contribution in [0.15, 0.2) is 23.1 Å². The molecule has 1 heterocycles. The molecule has 2 aromatic rings. The van der Waals surface area contributed by atoms with Gasteiger partial charge in [0.1, 0.15) is 11.4 Å². The fraction of sp³-hybridized carbons (Fsp3) is 0.444. The third-order valence-electron chi connectivity index (χ3n) is 4.35. The van der Waals surface area contributed by atoms with E-state index in [1.54, 1.807) is 13.8 Å². The number of hydrogen-bond donors (Lipinski definition) is 1. The van der Waals surface area contributed by atoms with Gasteiger partial charge in [0.25, 0.3) is 0 Å². The first-order valence-electron chi connectivity index (χ1n) is 8.44. The van der Waals surface area contributed by atoms with Crippen molar-refractivity contribution < 1.29 is 13.2 Å². The number of nitrogens with one attached hydrogen (secondary N) is 1. The number of anilines is 1. The lowest BCUT2D eigenvalue weighted by Gasteiger charge is -2.14. The highest BCUT2D eigenvalue weighted by Crippen LogP contribution is 2.23. The number of para-hydroxylation sites is 1. The molecule has 0 fully saturated rings. The van der Waals surface area contributed by atoms with Gasteiger partial charge in [-0.15, -0.1) is 0 Å². The third kappa shape index (κ3) is 3.81. The summed E-state index contributed by atoms with van der Waals surface area (Å²) in [5.41, 5.74) is 3.69. The van der Waals surface area contributed by atoms with Crippen molar-refractivity contribution in [3.63, 3.8) is 0 Å². The summed E-state index contributed by atoms with van der Waals surface area (Å²) in [7, 11) is -0.661. The summed E-state index contributed by atoms with van der Waals surface area (Å²) < 4.78 is 27.5. The standard InChI is InChI=1S/C18H26N4O3S/c1-7-15-10-8-9-12(2)17(15)19-16(23)11-22-14(4)18(13(3)20-22)26(24,25)21(5)6/h8-10H,7,11H2,1-6H3,(H,19,23). The number of benzene rings is 1. The minimum Gasteiger partial charge on any atom is -0.324 e. The Morgan fingerprint density at radius 3 is 2.46 bits per heavy atom. The van der Waals surface area contributed by atoms with Crippen LogP contribution in [0.25, 0.3) is 0 Å². The van der Waals surface area contributed by atoms with Gasteiger partial charge in [-0.1, -0.05) is 25.1 Å². The largest absolute Gasteiger partial charge is 0.324 e. The molecule has 142 valence electrons. The molecule has 1 aromatic heterocycles. The van der Waals surface area contributed by atoms with Gasteiger partial charge in [-0.25, -0.2) is 12.7 Å². The van der Waals surface area contributed by atoms with Crippen molar-refractivity contribution in [2.24, 2.45) is 0 Å². The number of carbonyl (C=O) groups excluding carboxylic acids is 1. The molecule has 8 heteroatoms. The first-order valence-corrected chi connectivity index (χ1v) is 9.88. The average molecular weight is 378 g/mol. The number of aryl methyl sites for hydroxylation is 3. The van der Waals surface area contributed by atoms with E-state index in [1.807, 2.05) is 32.0 Å². The van der Waals surface area contributed by atoms with E-state index in [2.05, 4.69) is 10.4 Å².